The summed E-state index contributed by atoms with van der Waals surface area (Å²) >= 11 is 3.31. The van der Waals surface area contributed by atoms with Crippen LogP contribution in [0.15, 0.2) is 64.1 Å². The van der Waals surface area contributed by atoms with E-state index in [1.54, 1.807) is 18.2 Å². The zero-order chi connectivity index (χ0) is 20.3. The lowest BCUT2D eigenvalue weighted by Gasteiger charge is -2.09. The lowest BCUT2D eigenvalue weighted by Crippen LogP contribution is -2.21. The number of carbonyl (C=O) groups is 1. The Kier molecular flexibility index (Phi) is 5.50. The largest absolute Gasteiger partial charge is 0.439 e. The van der Waals surface area contributed by atoms with E-state index >= 15 is 0 Å². The van der Waals surface area contributed by atoms with Crippen LogP contribution in [0.4, 0.5) is 18.9 Å². The first-order valence-electron chi connectivity index (χ1n) is 7.73. The van der Waals surface area contributed by atoms with E-state index in [0.29, 0.717) is 18.0 Å². The van der Waals surface area contributed by atoms with Gasteiger partial charge in [0.1, 0.15) is 11.4 Å². The summed E-state index contributed by atoms with van der Waals surface area (Å²) in [5.41, 5.74) is -2.42. The van der Waals surface area contributed by atoms with Gasteiger partial charge < -0.3 is 15.0 Å². The van der Waals surface area contributed by atoms with Crippen LogP contribution in [-0.2, 0) is 6.18 Å². The van der Waals surface area contributed by atoms with Crippen molar-refractivity contribution in [3.8, 4) is 11.6 Å². The van der Waals surface area contributed by atoms with Crippen LogP contribution in [0.5, 0.6) is 11.6 Å². The minimum atomic E-state index is -4.66. The molecule has 0 saturated carbocycles. The molecule has 3 rings (SSSR count). The van der Waals surface area contributed by atoms with Crippen molar-refractivity contribution >= 4 is 27.5 Å². The minimum absolute atomic E-state index is 0.0402. The Hall–Kier alpha value is -3.14. The second kappa shape index (κ2) is 7.85. The fourth-order valence-electron chi connectivity index (χ4n) is 2.16. The minimum Gasteiger partial charge on any atom is -0.439 e. The van der Waals surface area contributed by atoms with Crippen LogP contribution in [0, 0.1) is 0 Å². The molecule has 28 heavy (non-hydrogen) atoms. The quantitative estimate of drug-likeness (QED) is 0.604. The number of rotatable bonds is 4. The molecule has 2 N–H and O–H groups in total. The molecule has 3 aromatic rings. The zero-order valence-electron chi connectivity index (χ0n) is 13.9. The number of nitrogens with zero attached hydrogens (tertiary/aromatic N) is 1. The van der Waals surface area contributed by atoms with E-state index in [-0.39, 0.29) is 11.4 Å². The van der Waals surface area contributed by atoms with E-state index in [1.807, 2.05) is 11.1 Å². The summed E-state index contributed by atoms with van der Waals surface area (Å²) in [7, 11) is 0. The molecule has 10 heteroatoms. The van der Waals surface area contributed by atoms with Crippen LogP contribution >= 0.6 is 15.9 Å². The Bertz CT molecular complexity index is 1070. The number of ether oxygens (including phenoxy) is 1. The van der Waals surface area contributed by atoms with Crippen LogP contribution in [-0.4, -0.2) is 15.9 Å². The zero-order valence-corrected chi connectivity index (χ0v) is 15.5. The summed E-state index contributed by atoms with van der Waals surface area (Å²) in [6.45, 7) is 0. The highest BCUT2D eigenvalue weighted by Gasteiger charge is 2.31. The van der Waals surface area contributed by atoms with Crippen molar-refractivity contribution in [2.24, 2.45) is 0 Å². The topological polar surface area (TPSA) is 84.1 Å². The highest BCUT2D eigenvalue weighted by atomic mass is 79.9. The standard InChI is InChI=1S/C18H11BrF3N3O3/c19-12-2-1-3-13(7-12)28-15-5-4-10(8-23-15)16(26)25-14-6-11(18(20,21)22)9-24-17(14)27/h1-9H,(H,24,27)(H,25,26). The molecule has 1 aromatic carbocycles. The maximum absolute atomic E-state index is 12.7. The average molecular weight is 454 g/mol. The van der Waals surface area contributed by atoms with Crippen molar-refractivity contribution in [2.75, 3.05) is 5.32 Å². The first-order chi connectivity index (χ1) is 13.2. The van der Waals surface area contributed by atoms with Gasteiger partial charge in [-0.15, -0.1) is 0 Å². The highest BCUT2D eigenvalue weighted by Crippen LogP contribution is 2.29. The van der Waals surface area contributed by atoms with Gasteiger partial charge in [0.25, 0.3) is 11.5 Å². The molecule has 6 nitrogen and oxygen atoms in total. The molecule has 0 fully saturated rings. The van der Waals surface area contributed by atoms with Crippen molar-refractivity contribution in [3.63, 3.8) is 0 Å². The number of aromatic nitrogens is 2. The molecule has 0 bridgehead atoms. The molecule has 0 aliphatic heterocycles. The molecule has 0 saturated heterocycles. The van der Waals surface area contributed by atoms with Gasteiger partial charge in [0.2, 0.25) is 5.88 Å². The monoisotopic (exact) mass is 453 g/mol. The van der Waals surface area contributed by atoms with Crippen LogP contribution in [0.1, 0.15) is 15.9 Å². The molecule has 2 heterocycles. The molecule has 0 atom stereocenters. The number of anilines is 1. The van der Waals surface area contributed by atoms with Gasteiger partial charge >= 0.3 is 6.18 Å². The van der Waals surface area contributed by atoms with Crippen LogP contribution in [0.3, 0.4) is 0 Å². The Balaban J connectivity index is 1.74. The third kappa shape index (κ3) is 4.77. The lowest BCUT2D eigenvalue weighted by molar-refractivity contribution is -0.137. The van der Waals surface area contributed by atoms with Crippen LogP contribution in [0.25, 0.3) is 0 Å². The Morgan fingerprint density at radius 3 is 2.61 bits per heavy atom. The van der Waals surface area contributed by atoms with Gasteiger partial charge in [-0.1, -0.05) is 22.0 Å². The molecule has 0 spiro atoms. The number of hydrogen-bond acceptors (Lipinski definition) is 4. The van der Waals surface area contributed by atoms with Crippen molar-refractivity contribution in [3.05, 3.63) is 80.8 Å². The molecule has 1 amide bonds. The number of nitrogens with one attached hydrogen (secondary N) is 2. The van der Waals surface area contributed by atoms with Gasteiger partial charge in [-0.25, -0.2) is 4.98 Å². The molecule has 144 valence electrons. The van der Waals surface area contributed by atoms with Gasteiger partial charge in [0.05, 0.1) is 11.1 Å². The van der Waals surface area contributed by atoms with Crippen LogP contribution in [0.2, 0.25) is 0 Å². The van der Waals surface area contributed by atoms with E-state index in [2.05, 4.69) is 26.2 Å². The Labute approximate surface area is 164 Å². The van der Waals surface area contributed by atoms with Gasteiger partial charge in [0, 0.05) is 22.9 Å². The number of benzene rings is 1. The number of amides is 1. The van der Waals surface area contributed by atoms with E-state index in [0.717, 1.165) is 4.47 Å². The average Bonchev–Trinajstić information content (AvgIpc) is 2.63. The fraction of sp³-hybridized carbons (Fsp3) is 0.0556. The Morgan fingerprint density at radius 1 is 1.18 bits per heavy atom. The molecule has 2 aromatic heterocycles. The van der Waals surface area contributed by atoms with Gasteiger partial charge in [-0.3, -0.25) is 9.59 Å². The predicted molar refractivity (Wildman–Crippen MR) is 98.5 cm³/mol. The summed E-state index contributed by atoms with van der Waals surface area (Å²) in [6.07, 6.45) is -2.94. The summed E-state index contributed by atoms with van der Waals surface area (Å²) in [5, 5.41) is 2.15. The number of aromatic amines is 1. The normalized spacial score (nSPS) is 11.1. The van der Waals surface area contributed by atoms with E-state index in [9.17, 15) is 22.8 Å². The summed E-state index contributed by atoms with van der Waals surface area (Å²) in [4.78, 5) is 29.8. The first-order valence-corrected chi connectivity index (χ1v) is 8.52. The Morgan fingerprint density at radius 2 is 1.96 bits per heavy atom. The third-order valence-corrected chi connectivity index (χ3v) is 3.99. The van der Waals surface area contributed by atoms with Gasteiger partial charge in [-0.05, 0) is 30.3 Å². The second-order valence-electron chi connectivity index (χ2n) is 5.53. The van der Waals surface area contributed by atoms with Crippen LogP contribution < -0.4 is 15.6 Å². The first kappa shape index (κ1) is 19.6. The van der Waals surface area contributed by atoms with E-state index < -0.39 is 28.9 Å². The van der Waals surface area contributed by atoms with Crippen molar-refractivity contribution in [1.29, 1.82) is 0 Å². The number of pyridine rings is 2. The number of carbonyl (C=O) groups excluding carboxylic acids is 1. The maximum Gasteiger partial charge on any atom is 0.417 e. The SMILES string of the molecule is O=C(Nc1cc(C(F)(F)F)c[nH]c1=O)c1ccc(Oc2cccc(Br)c2)nc1. The van der Waals surface area contributed by atoms with Gasteiger partial charge in [-0.2, -0.15) is 13.2 Å². The van der Waals surface area contributed by atoms with E-state index in [4.69, 9.17) is 4.74 Å². The van der Waals surface area contributed by atoms with Crippen molar-refractivity contribution in [1.82, 2.24) is 9.97 Å². The number of H-pyrrole nitrogens is 1. The van der Waals surface area contributed by atoms with E-state index in [1.165, 1.54) is 18.3 Å². The summed E-state index contributed by atoms with van der Waals surface area (Å²) < 4.78 is 44.6. The number of alkyl halides is 3. The highest BCUT2D eigenvalue weighted by molar-refractivity contribution is 9.10. The molecular weight excluding hydrogens is 443 g/mol. The number of hydrogen-bond donors (Lipinski definition) is 2. The number of halogens is 4. The molecule has 0 aliphatic carbocycles. The van der Waals surface area contributed by atoms with Crippen molar-refractivity contribution < 1.29 is 22.7 Å². The molecule has 0 aliphatic rings. The second-order valence-corrected chi connectivity index (χ2v) is 6.44. The molecule has 0 unspecified atom stereocenters. The smallest absolute Gasteiger partial charge is 0.417 e. The summed E-state index contributed by atoms with van der Waals surface area (Å²) in [6, 6.07) is 10.4. The van der Waals surface area contributed by atoms with Gasteiger partial charge in [0.15, 0.2) is 0 Å². The maximum atomic E-state index is 12.7. The summed E-state index contributed by atoms with van der Waals surface area (Å²) in [5.74, 6) is -0.0486. The van der Waals surface area contributed by atoms with Crippen molar-refractivity contribution in [2.45, 2.75) is 6.18 Å². The lowest BCUT2D eigenvalue weighted by atomic mass is 10.2. The predicted octanol–water partition coefficient (Wildman–Crippen LogP) is 4.60. The molecule has 0 radical (unpaired) electrons. The molecular formula is C18H11BrF3N3O3. The fourth-order valence-corrected chi connectivity index (χ4v) is 2.54. The third-order valence-electron chi connectivity index (χ3n) is 3.50.